The lowest BCUT2D eigenvalue weighted by atomic mass is 10.0. The van der Waals surface area contributed by atoms with Gasteiger partial charge in [0.15, 0.2) is 0 Å². The van der Waals surface area contributed by atoms with Crippen LogP contribution in [0, 0.1) is 17.2 Å². The van der Waals surface area contributed by atoms with Gasteiger partial charge in [0.2, 0.25) is 5.91 Å². The average Bonchev–Trinajstić information content (AvgIpc) is 2.89. The van der Waals surface area contributed by atoms with Gasteiger partial charge in [-0.2, -0.15) is 5.26 Å². The van der Waals surface area contributed by atoms with E-state index in [1.807, 2.05) is 0 Å². The van der Waals surface area contributed by atoms with Crippen molar-refractivity contribution >= 4 is 5.91 Å². The predicted molar refractivity (Wildman–Crippen MR) is 61.9 cm³/mol. The Morgan fingerprint density at radius 2 is 2.24 bits per heavy atom. The standard InChI is InChI=1S/C13H16N2O2/c14-10-11(9-12-5-4-8-17-12)13(16)15-6-2-1-3-7-15/h4-5,8,11H,1-3,6-7,9H2. The minimum atomic E-state index is -0.612. The Kier molecular flexibility index (Phi) is 3.81. The van der Waals surface area contributed by atoms with Crippen LogP contribution >= 0.6 is 0 Å². The second-order valence-electron chi connectivity index (χ2n) is 4.35. The van der Waals surface area contributed by atoms with Crippen LogP contribution in [0.3, 0.4) is 0 Å². The van der Waals surface area contributed by atoms with Crippen LogP contribution in [0.2, 0.25) is 0 Å². The Balaban J connectivity index is 1.97. The first-order valence-corrected chi connectivity index (χ1v) is 6.02. The first kappa shape index (κ1) is 11.7. The van der Waals surface area contributed by atoms with Crippen LogP contribution in [0.25, 0.3) is 0 Å². The van der Waals surface area contributed by atoms with E-state index in [2.05, 4.69) is 6.07 Å². The molecule has 4 nitrogen and oxygen atoms in total. The Labute approximate surface area is 101 Å². The number of hydrogen-bond acceptors (Lipinski definition) is 3. The maximum atomic E-state index is 12.1. The number of carbonyl (C=O) groups is 1. The molecule has 1 atom stereocenters. The van der Waals surface area contributed by atoms with Gasteiger partial charge < -0.3 is 9.32 Å². The van der Waals surface area contributed by atoms with E-state index in [1.165, 1.54) is 6.42 Å². The van der Waals surface area contributed by atoms with Gasteiger partial charge in [0, 0.05) is 19.5 Å². The number of amides is 1. The Bertz CT molecular complexity index is 400. The van der Waals surface area contributed by atoms with Crippen LogP contribution in [0.4, 0.5) is 0 Å². The molecule has 90 valence electrons. The maximum Gasteiger partial charge on any atom is 0.240 e. The third-order valence-electron chi connectivity index (χ3n) is 3.11. The Morgan fingerprint density at radius 3 is 2.82 bits per heavy atom. The van der Waals surface area contributed by atoms with Crippen molar-refractivity contribution in [3.05, 3.63) is 24.2 Å². The van der Waals surface area contributed by atoms with Crippen molar-refractivity contribution in [1.29, 1.82) is 5.26 Å². The summed E-state index contributed by atoms with van der Waals surface area (Å²) in [6, 6.07) is 5.66. The molecule has 1 aromatic rings. The second-order valence-corrected chi connectivity index (χ2v) is 4.35. The lowest BCUT2D eigenvalue weighted by Gasteiger charge is -2.28. The molecular formula is C13H16N2O2. The highest BCUT2D eigenvalue weighted by Gasteiger charge is 2.26. The van der Waals surface area contributed by atoms with Gasteiger partial charge in [-0.05, 0) is 31.4 Å². The van der Waals surface area contributed by atoms with Crippen LogP contribution in [0.15, 0.2) is 22.8 Å². The zero-order valence-electron chi connectivity index (χ0n) is 9.76. The molecule has 0 aliphatic carbocycles. The van der Waals surface area contributed by atoms with Crippen molar-refractivity contribution in [3.8, 4) is 6.07 Å². The molecule has 0 radical (unpaired) electrons. The van der Waals surface area contributed by atoms with Gasteiger partial charge in [-0.15, -0.1) is 0 Å². The summed E-state index contributed by atoms with van der Waals surface area (Å²) >= 11 is 0. The largest absolute Gasteiger partial charge is 0.469 e. The van der Waals surface area contributed by atoms with E-state index >= 15 is 0 Å². The summed E-state index contributed by atoms with van der Waals surface area (Å²) in [4.78, 5) is 13.9. The average molecular weight is 232 g/mol. The van der Waals surface area contributed by atoms with Gasteiger partial charge in [0.05, 0.1) is 12.3 Å². The fraction of sp³-hybridized carbons (Fsp3) is 0.538. The molecule has 0 saturated carbocycles. The van der Waals surface area contributed by atoms with E-state index in [0.717, 1.165) is 25.9 Å². The molecule has 0 aromatic carbocycles. The molecule has 4 heteroatoms. The first-order chi connectivity index (χ1) is 8.31. The number of hydrogen-bond donors (Lipinski definition) is 0. The maximum absolute atomic E-state index is 12.1. The highest BCUT2D eigenvalue weighted by atomic mass is 16.3. The Hall–Kier alpha value is -1.76. The van der Waals surface area contributed by atoms with Gasteiger partial charge in [-0.25, -0.2) is 0 Å². The van der Waals surface area contributed by atoms with Gasteiger partial charge in [-0.1, -0.05) is 0 Å². The van der Waals surface area contributed by atoms with Crippen molar-refractivity contribution in [2.24, 2.45) is 5.92 Å². The highest BCUT2D eigenvalue weighted by Crippen LogP contribution is 2.16. The molecule has 0 spiro atoms. The molecule has 1 aliphatic rings. The number of nitriles is 1. The van der Waals surface area contributed by atoms with Gasteiger partial charge in [-0.3, -0.25) is 4.79 Å². The highest BCUT2D eigenvalue weighted by molar-refractivity contribution is 5.81. The number of likely N-dealkylation sites (tertiary alicyclic amines) is 1. The molecule has 2 rings (SSSR count). The van der Waals surface area contributed by atoms with Crippen molar-refractivity contribution in [2.45, 2.75) is 25.7 Å². The number of rotatable bonds is 3. The molecule has 1 fully saturated rings. The van der Waals surface area contributed by atoms with E-state index in [9.17, 15) is 4.79 Å². The van der Waals surface area contributed by atoms with E-state index in [1.54, 1.807) is 23.3 Å². The zero-order chi connectivity index (χ0) is 12.1. The topological polar surface area (TPSA) is 57.2 Å². The number of nitrogens with zero attached hydrogens (tertiary/aromatic N) is 2. The molecule has 2 heterocycles. The smallest absolute Gasteiger partial charge is 0.240 e. The third kappa shape index (κ3) is 2.88. The second kappa shape index (κ2) is 5.53. The molecule has 1 aromatic heterocycles. The van der Waals surface area contributed by atoms with Crippen LogP contribution in [-0.4, -0.2) is 23.9 Å². The quantitative estimate of drug-likeness (QED) is 0.800. The SMILES string of the molecule is N#CC(Cc1ccco1)C(=O)N1CCCCC1. The lowest BCUT2D eigenvalue weighted by molar-refractivity contribution is -0.134. The summed E-state index contributed by atoms with van der Waals surface area (Å²) in [6.07, 6.45) is 5.21. The summed E-state index contributed by atoms with van der Waals surface area (Å²) in [6.45, 7) is 1.57. The van der Waals surface area contributed by atoms with Crippen LogP contribution < -0.4 is 0 Å². The predicted octanol–water partition coefficient (Wildman–Crippen LogP) is 1.97. The summed E-state index contributed by atoms with van der Waals surface area (Å²) in [5.74, 6) is 0.0322. The molecule has 0 N–H and O–H groups in total. The summed E-state index contributed by atoms with van der Waals surface area (Å²) in [7, 11) is 0. The van der Waals surface area contributed by atoms with E-state index in [4.69, 9.17) is 9.68 Å². The zero-order valence-corrected chi connectivity index (χ0v) is 9.76. The lowest BCUT2D eigenvalue weighted by Crippen LogP contribution is -2.39. The van der Waals surface area contributed by atoms with Crippen LogP contribution in [0.5, 0.6) is 0 Å². The monoisotopic (exact) mass is 232 g/mol. The normalized spacial score (nSPS) is 17.5. The summed E-state index contributed by atoms with van der Waals surface area (Å²) in [5, 5.41) is 9.09. The molecule has 1 aliphatic heterocycles. The number of piperidine rings is 1. The van der Waals surface area contributed by atoms with Crippen LogP contribution in [0.1, 0.15) is 25.0 Å². The van der Waals surface area contributed by atoms with E-state index in [-0.39, 0.29) is 5.91 Å². The van der Waals surface area contributed by atoms with Gasteiger partial charge in [0.25, 0.3) is 0 Å². The molecule has 1 saturated heterocycles. The van der Waals surface area contributed by atoms with E-state index in [0.29, 0.717) is 12.2 Å². The number of furan rings is 1. The molecule has 0 bridgehead atoms. The number of carbonyl (C=O) groups excluding carboxylic acids is 1. The fourth-order valence-corrected chi connectivity index (χ4v) is 2.15. The molecular weight excluding hydrogens is 216 g/mol. The van der Waals surface area contributed by atoms with Crippen molar-refractivity contribution in [3.63, 3.8) is 0 Å². The third-order valence-corrected chi connectivity index (χ3v) is 3.11. The van der Waals surface area contributed by atoms with Gasteiger partial charge in [0.1, 0.15) is 11.7 Å². The Morgan fingerprint density at radius 1 is 1.47 bits per heavy atom. The van der Waals surface area contributed by atoms with E-state index < -0.39 is 5.92 Å². The first-order valence-electron chi connectivity index (χ1n) is 6.02. The minimum Gasteiger partial charge on any atom is -0.469 e. The molecule has 1 unspecified atom stereocenters. The van der Waals surface area contributed by atoms with Crippen molar-refractivity contribution in [1.82, 2.24) is 4.90 Å². The van der Waals surface area contributed by atoms with Crippen LogP contribution in [-0.2, 0) is 11.2 Å². The van der Waals surface area contributed by atoms with Crippen molar-refractivity contribution < 1.29 is 9.21 Å². The molecule has 17 heavy (non-hydrogen) atoms. The minimum absolute atomic E-state index is 0.0522. The summed E-state index contributed by atoms with van der Waals surface area (Å²) in [5.41, 5.74) is 0. The molecule has 1 amide bonds. The summed E-state index contributed by atoms with van der Waals surface area (Å²) < 4.78 is 5.18. The van der Waals surface area contributed by atoms with Gasteiger partial charge >= 0.3 is 0 Å². The fourth-order valence-electron chi connectivity index (χ4n) is 2.15. The van der Waals surface area contributed by atoms with Crippen molar-refractivity contribution in [2.75, 3.05) is 13.1 Å².